The summed E-state index contributed by atoms with van der Waals surface area (Å²) in [6.45, 7) is -0.291. The van der Waals surface area contributed by atoms with Gasteiger partial charge in [-0.25, -0.2) is 4.98 Å². The van der Waals surface area contributed by atoms with Crippen molar-refractivity contribution >= 4 is 46.6 Å². The Bertz CT molecular complexity index is 915. The zero-order chi connectivity index (χ0) is 18.5. The van der Waals surface area contributed by atoms with Crippen LogP contribution in [0, 0.1) is 0 Å². The standard InChI is InChI=1S/C18H14Cl2N4O2/c19-12-6-13(20)8-14(7-12)22-16-9-15(11-4-2-1-3-5-11)23-18(24-16)21-10-17(25)26/h1-9H,10H2,(H,25,26)(H2,21,22,23,24). The fraction of sp³-hybridized carbons (Fsp3) is 0.0556. The first-order valence-electron chi connectivity index (χ1n) is 7.63. The predicted molar refractivity (Wildman–Crippen MR) is 103 cm³/mol. The van der Waals surface area contributed by atoms with E-state index in [9.17, 15) is 4.79 Å². The summed E-state index contributed by atoms with van der Waals surface area (Å²) in [7, 11) is 0. The van der Waals surface area contributed by atoms with Gasteiger partial charge >= 0.3 is 5.97 Å². The van der Waals surface area contributed by atoms with E-state index in [4.69, 9.17) is 28.3 Å². The maximum Gasteiger partial charge on any atom is 0.322 e. The number of aromatic nitrogens is 2. The van der Waals surface area contributed by atoms with Crippen molar-refractivity contribution in [2.24, 2.45) is 0 Å². The molecule has 6 nitrogen and oxygen atoms in total. The number of carboxylic acid groups (broad SMARTS) is 1. The van der Waals surface area contributed by atoms with Crippen LogP contribution in [0.3, 0.4) is 0 Å². The Morgan fingerprint density at radius 2 is 1.69 bits per heavy atom. The first-order valence-corrected chi connectivity index (χ1v) is 8.38. The summed E-state index contributed by atoms with van der Waals surface area (Å²) >= 11 is 12.0. The third-order valence-corrected chi connectivity index (χ3v) is 3.76. The molecule has 0 bridgehead atoms. The van der Waals surface area contributed by atoms with E-state index in [1.807, 2.05) is 30.3 Å². The highest BCUT2D eigenvalue weighted by atomic mass is 35.5. The maximum absolute atomic E-state index is 10.8. The number of aliphatic carboxylic acids is 1. The average molecular weight is 389 g/mol. The van der Waals surface area contributed by atoms with Gasteiger partial charge in [-0.2, -0.15) is 4.98 Å². The fourth-order valence-electron chi connectivity index (χ4n) is 2.28. The lowest BCUT2D eigenvalue weighted by molar-refractivity contribution is -0.134. The molecule has 0 radical (unpaired) electrons. The molecule has 0 spiro atoms. The second kappa shape index (κ2) is 8.03. The Labute approximate surface area is 159 Å². The van der Waals surface area contributed by atoms with Crippen molar-refractivity contribution in [1.82, 2.24) is 9.97 Å². The number of benzene rings is 2. The van der Waals surface area contributed by atoms with Crippen LogP contribution in [-0.4, -0.2) is 27.6 Å². The van der Waals surface area contributed by atoms with Crippen molar-refractivity contribution in [2.75, 3.05) is 17.2 Å². The molecule has 0 saturated carbocycles. The largest absolute Gasteiger partial charge is 0.480 e. The number of hydrogen-bond donors (Lipinski definition) is 3. The van der Waals surface area contributed by atoms with Gasteiger partial charge in [0.1, 0.15) is 12.4 Å². The number of anilines is 3. The van der Waals surface area contributed by atoms with Gasteiger partial charge in [0.05, 0.1) is 5.69 Å². The lowest BCUT2D eigenvalue weighted by atomic mass is 10.1. The third kappa shape index (κ3) is 4.84. The van der Waals surface area contributed by atoms with Crippen molar-refractivity contribution in [3.63, 3.8) is 0 Å². The van der Waals surface area contributed by atoms with E-state index in [1.165, 1.54) is 0 Å². The van der Waals surface area contributed by atoms with Crippen LogP contribution in [0.2, 0.25) is 10.0 Å². The van der Waals surface area contributed by atoms with E-state index in [2.05, 4.69) is 20.6 Å². The summed E-state index contributed by atoms with van der Waals surface area (Å²) in [5, 5.41) is 15.6. The van der Waals surface area contributed by atoms with Gasteiger partial charge in [-0.05, 0) is 18.2 Å². The summed E-state index contributed by atoms with van der Waals surface area (Å²) in [5.41, 5.74) is 2.17. The molecule has 1 aromatic heterocycles. The van der Waals surface area contributed by atoms with E-state index < -0.39 is 5.97 Å². The first kappa shape index (κ1) is 18.0. The summed E-state index contributed by atoms with van der Waals surface area (Å²) in [5.74, 6) is -0.329. The van der Waals surface area contributed by atoms with E-state index in [0.717, 1.165) is 5.56 Å². The highest BCUT2D eigenvalue weighted by Gasteiger charge is 2.09. The molecule has 0 aliphatic heterocycles. The monoisotopic (exact) mass is 388 g/mol. The molecule has 0 aliphatic rings. The highest BCUT2D eigenvalue weighted by Crippen LogP contribution is 2.27. The third-order valence-electron chi connectivity index (χ3n) is 3.33. The highest BCUT2D eigenvalue weighted by molar-refractivity contribution is 6.35. The number of carboxylic acids is 1. The van der Waals surface area contributed by atoms with Crippen LogP contribution in [-0.2, 0) is 4.79 Å². The summed E-state index contributed by atoms with van der Waals surface area (Å²) < 4.78 is 0. The van der Waals surface area contributed by atoms with Crippen LogP contribution in [0.5, 0.6) is 0 Å². The van der Waals surface area contributed by atoms with Gasteiger partial charge in [-0.1, -0.05) is 53.5 Å². The maximum atomic E-state index is 10.8. The normalized spacial score (nSPS) is 10.4. The molecule has 132 valence electrons. The second-order valence-corrected chi connectivity index (χ2v) is 6.23. The number of hydrogen-bond acceptors (Lipinski definition) is 5. The Morgan fingerprint density at radius 3 is 2.35 bits per heavy atom. The number of halogens is 2. The van der Waals surface area contributed by atoms with Crippen LogP contribution in [0.4, 0.5) is 17.5 Å². The van der Waals surface area contributed by atoms with E-state index in [0.29, 0.717) is 27.2 Å². The molecular weight excluding hydrogens is 375 g/mol. The minimum absolute atomic E-state index is 0.198. The number of nitrogens with one attached hydrogen (secondary N) is 2. The molecule has 0 fully saturated rings. The quantitative estimate of drug-likeness (QED) is 0.567. The van der Waals surface area contributed by atoms with E-state index >= 15 is 0 Å². The minimum atomic E-state index is -1.00. The topological polar surface area (TPSA) is 87.1 Å². The van der Waals surface area contributed by atoms with Crippen LogP contribution in [0.1, 0.15) is 0 Å². The molecule has 0 unspecified atom stereocenters. The zero-order valence-corrected chi connectivity index (χ0v) is 14.9. The Kier molecular flexibility index (Phi) is 5.55. The lowest BCUT2D eigenvalue weighted by Crippen LogP contribution is -2.15. The molecule has 2 aromatic carbocycles. The fourth-order valence-corrected chi connectivity index (χ4v) is 2.80. The zero-order valence-electron chi connectivity index (χ0n) is 13.4. The molecule has 0 amide bonds. The SMILES string of the molecule is O=C(O)CNc1nc(Nc2cc(Cl)cc(Cl)c2)cc(-c2ccccc2)n1. The molecule has 0 atom stereocenters. The van der Waals surface area contributed by atoms with Gasteiger partial charge in [-0.15, -0.1) is 0 Å². The van der Waals surface area contributed by atoms with E-state index in [1.54, 1.807) is 24.3 Å². The summed E-state index contributed by atoms with van der Waals surface area (Å²) in [4.78, 5) is 19.5. The molecule has 3 rings (SSSR count). The van der Waals surface area contributed by atoms with Crippen molar-refractivity contribution in [3.05, 3.63) is 64.6 Å². The summed E-state index contributed by atoms with van der Waals surface area (Å²) in [6.07, 6.45) is 0. The molecule has 26 heavy (non-hydrogen) atoms. The number of nitrogens with zero attached hydrogens (tertiary/aromatic N) is 2. The van der Waals surface area contributed by atoms with Gasteiger partial charge in [0.15, 0.2) is 0 Å². The van der Waals surface area contributed by atoms with Crippen molar-refractivity contribution in [2.45, 2.75) is 0 Å². The second-order valence-electron chi connectivity index (χ2n) is 5.36. The molecule has 3 aromatic rings. The van der Waals surface area contributed by atoms with Crippen LogP contribution >= 0.6 is 23.2 Å². The van der Waals surface area contributed by atoms with Gasteiger partial charge < -0.3 is 15.7 Å². The Hall–Kier alpha value is -2.83. The smallest absolute Gasteiger partial charge is 0.322 e. The number of rotatable bonds is 6. The van der Waals surface area contributed by atoms with Gasteiger partial charge in [-0.3, -0.25) is 4.79 Å². The molecule has 3 N–H and O–H groups in total. The molecule has 8 heteroatoms. The average Bonchev–Trinajstić information content (AvgIpc) is 2.59. The van der Waals surface area contributed by atoms with Gasteiger partial charge in [0, 0.05) is 27.4 Å². The van der Waals surface area contributed by atoms with Crippen LogP contribution < -0.4 is 10.6 Å². The van der Waals surface area contributed by atoms with Crippen molar-refractivity contribution in [3.8, 4) is 11.3 Å². The molecule has 1 heterocycles. The van der Waals surface area contributed by atoms with Crippen LogP contribution in [0.15, 0.2) is 54.6 Å². The Balaban J connectivity index is 1.97. The molecule has 0 saturated heterocycles. The number of carbonyl (C=O) groups is 1. The van der Waals surface area contributed by atoms with Crippen LogP contribution in [0.25, 0.3) is 11.3 Å². The lowest BCUT2D eigenvalue weighted by Gasteiger charge is -2.11. The first-order chi connectivity index (χ1) is 12.5. The van der Waals surface area contributed by atoms with Gasteiger partial charge in [0.2, 0.25) is 5.95 Å². The molecular formula is C18H14Cl2N4O2. The minimum Gasteiger partial charge on any atom is -0.480 e. The van der Waals surface area contributed by atoms with Gasteiger partial charge in [0.25, 0.3) is 0 Å². The Morgan fingerprint density at radius 1 is 1.00 bits per heavy atom. The predicted octanol–water partition coefficient (Wildman–Crippen LogP) is 4.69. The van der Waals surface area contributed by atoms with Crippen molar-refractivity contribution in [1.29, 1.82) is 0 Å². The van der Waals surface area contributed by atoms with E-state index in [-0.39, 0.29) is 12.5 Å². The molecule has 0 aliphatic carbocycles. The van der Waals surface area contributed by atoms with Crippen molar-refractivity contribution < 1.29 is 9.90 Å². The summed E-state index contributed by atoms with van der Waals surface area (Å²) in [6, 6.07) is 16.3.